The Kier molecular flexibility index (Phi) is 5.49. The number of carboxylic acid groups (broad SMARTS) is 1. The minimum atomic E-state index is -1.26. The highest BCUT2D eigenvalue weighted by molar-refractivity contribution is 6.43. The molecule has 6 nitrogen and oxygen atoms in total. The van der Waals surface area contributed by atoms with Crippen LogP contribution in [0.15, 0.2) is 77.7 Å². The summed E-state index contributed by atoms with van der Waals surface area (Å²) in [5.41, 5.74) is 1.93. The van der Waals surface area contributed by atoms with Crippen molar-refractivity contribution in [1.29, 1.82) is 0 Å². The fraction of sp³-hybridized carbons (Fsp3) is 0.182. The minimum absolute atomic E-state index is 0.0260. The second-order valence-corrected chi connectivity index (χ2v) is 6.81. The van der Waals surface area contributed by atoms with Gasteiger partial charge in [-0.05, 0) is 18.1 Å². The number of ether oxygens (including phenoxy) is 1. The number of rotatable bonds is 6. The van der Waals surface area contributed by atoms with Gasteiger partial charge in [-0.25, -0.2) is 9.80 Å². The van der Waals surface area contributed by atoms with Crippen molar-refractivity contribution in [3.63, 3.8) is 0 Å². The number of nitrogens with zero attached hydrogens (tertiary/aromatic N) is 2. The van der Waals surface area contributed by atoms with Crippen LogP contribution in [0.25, 0.3) is 11.1 Å². The average Bonchev–Trinajstić information content (AvgIpc) is 2.68. The first-order valence-electron chi connectivity index (χ1n) is 8.91. The molecular formula is C22H22N2O4. The van der Waals surface area contributed by atoms with Crippen molar-refractivity contribution in [1.82, 2.24) is 0 Å². The van der Waals surface area contributed by atoms with Crippen molar-refractivity contribution in [2.24, 2.45) is 11.0 Å². The first kappa shape index (κ1) is 19.2. The molecule has 6 heteroatoms. The zero-order valence-electron chi connectivity index (χ0n) is 15.8. The third-order valence-corrected chi connectivity index (χ3v) is 4.15. The van der Waals surface area contributed by atoms with Gasteiger partial charge in [0.1, 0.15) is 11.5 Å². The van der Waals surface area contributed by atoms with E-state index in [4.69, 9.17) is 4.74 Å². The number of allylic oxidation sites excluding steroid dienone is 1. The van der Waals surface area contributed by atoms with Gasteiger partial charge in [0.25, 0.3) is 0 Å². The summed E-state index contributed by atoms with van der Waals surface area (Å²) in [6.07, 6.45) is 1.35. The topological polar surface area (TPSA) is 82.4 Å². The summed E-state index contributed by atoms with van der Waals surface area (Å²) in [7, 11) is 0. The molecule has 3 rings (SSSR count). The summed E-state index contributed by atoms with van der Waals surface area (Å²) < 4.78 is 5.97. The third-order valence-electron chi connectivity index (χ3n) is 4.15. The molecule has 1 aliphatic rings. The van der Waals surface area contributed by atoms with Crippen molar-refractivity contribution in [3.8, 4) is 16.9 Å². The zero-order valence-corrected chi connectivity index (χ0v) is 15.8. The number of carboxylic acids is 1. The molecule has 0 atom stereocenters. The lowest BCUT2D eigenvalue weighted by Gasteiger charge is -2.24. The summed E-state index contributed by atoms with van der Waals surface area (Å²) in [6, 6.07) is 15.0. The number of para-hydroxylation sites is 2. The van der Waals surface area contributed by atoms with E-state index in [-0.39, 0.29) is 17.0 Å². The van der Waals surface area contributed by atoms with Crippen LogP contribution in [0.4, 0.5) is 5.69 Å². The second kappa shape index (κ2) is 8.00. The lowest BCUT2D eigenvalue weighted by atomic mass is 10.0. The standard InChI is InChI=1S/C22H22N2O4/c1-14(2)13-28-20-11-7-5-9-17(20)16-8-4-6-10-18(16)24-12-19(25)15(3)21(23-24)22(26)27/h4-12,14,25H,3,13H2,1-2H3,(H,26,27). The molecule has 0 bridgehead atoms. The molecule has 0 amide bonds. The predicted molar refractivity (Wildman–Crippen MR) is 110 cm³/mol. The van der Waals surface area contributed by atoms with Gasteiger partial charge in [-0.3, -0.25) is 0 Å². The van der Waals surface area contributed by atoms with Gasteiger partial charge >= 0.3 is 5.97 Å². The van der Waals surface area contributed by atoms with E-state index >= 15 is 0 Å². The van der Waals surface area contributed by atoms with Gasteiger partial charge in [0.05, 0.1) is 18.5 Å². The monoisotopic (exact) mass is 378 g/mol. The molecule has 0 unspecified atom stereocenters. The summed E-state index contributed by atoms with van der Waals surface area (Å²) in [5.74, 6) is -0.404. The average molecular weight is 378 g/mol. The molecule has 0 aromatic heterocycles. The van der Waals surface area contributed by atoms with Crippen molar-refractivity contribution in [2.75, 3.05) is 11.6 Å². The molecule has 1 aliphatic heterocycles. The summed E-state index contributed by atoms with van der Waals surface area (Å²) >= 11 is 0. The molecule has 2 aromatic rings. The molecule has 1 heterocycles. The molecule has 0 spiro atoms. The van der Waals surface area contributed by atoms with Crippen molar-refractivity contribution < 1.29 is 19.7 Å². The maximum atomic E-state index is 11.5. The molecule has 0 aliphatic carbocycles. The van der Waals surface area contributed by atoms with Crippen molar-refractivity contribution >= 4 is 17.4 Å². The predicted octanol–water partition coefficient (Wildman–Crippen LogP) is 4.60. The van der Waals surface area contributed by atoms with E-state index in [1.165, 1.54) is 11.2 Å². The maximum Gasteiger partial charge on any atom is 0.357 e. The number of hydrogen-bond donors (Lipinski definition) is 2. The van der Waals surface area contributed by atoms with Crippen LogP contribution in [-0.4, -0.2) is 28.5 Å². The van der Waals surface area contributed by atoms with Gasteiger partial charge in [0.15, 0.2) is 5.71 Å². The number of aliphatic hydroxyl groups excluding tert-OH is 1. The van der Waals surface area contributed by atoms with E-state index in [0.717, 1.165) is 16.9 Å². The van der Waals surface area contributed by atoms with Crippen molar-refractivity contribution in [3.05, 3.63) is 72.6 Å². The normalized spacial score (nSPS) is 14.0. The number of hydrogen-bond acceptors (Lipinski definition) is 5. The molecule has 2 aromatic carbocycles. The SMILES string of the molecule is C=C1C(O)=CN(c2ccccc2-c2ccccc2OCC(C)C)N=C1C(=O)O. The molecular weight excluding hydrogens is 356 g/mol. The number of anilines is 1. The van der Waals surface area contributed by atoms with E-state index in [2.05, 4.69) is 25.5 Å². The van der Waals surface area contributed by atoms with Crippen LogP contribution in [0.5, 0.6) is 5.75 Å². The Balaban J connectivity index is 2.09. The fourth-order valence-corrected chi connectivity index (χ4v) is 2.78. The van der Waals surface area contributed by atoms with Crippen LogP contribution in [-0.2, 0) is 4.79 Å². The number of benzene rings is 2. The lowest BCUT2D eigenvalue weighted by Crippen LogP contribution is -2.26. The van der Waals surface area contributed by atoms with Crippen LogP contribution in [0.3, 0.4) is 0 Å². The van der Waals surface area contributed by atoms with Gasteiger partial charge in [-0.2, -0.15) is 5.10 Å². The number of carbonyl (C=O) groups is 1. The van der Waals surface area contributed by atoms with Gasteiger partial charge < -0.3 is 14.9 Å². The Morgan fingerprint density at radius 1 is 1.14 bits per heavy atom. The van der Waals surface area contributed by atoms with Gasteiger partial charge in [0, 0.05) is 16.7 Å². The second-order valence-electron chi connectivity index (χ2n) is 6.81. The maximum absolute atomic E-state index is 11.5. The fourth-order valence-electron chi connectivity index (χ4n) is 2.78. The number of aliphatic carboxylic acids is 1. The Morgan fingerprint density at radius 2 is 1.79 bits per heavy atom. The highest BCUT2D eigenvalue weighted by Gasteiger charge is 2.25. The molecule has 28 heavy (non-hydrogen) atoms. The van der Waals surface area contributed by atoms with E-state index in [0.29, 0.717) is 18.2 Å². The van der Waals surface area contributed by atoms with Gasteiger partial charge in [-0.1, -0.05) is 56.8 Å². The van der Waals surface area contributed by atoms with Gasteiger partial charge in [-0.15, -0.1) is 0 Å². The lowest BCUT2D eigenvalue weighted by molar-refractivity contribution is -0.129. The summed E-state index contributed by atoms with van der Waals surface area (Å²) in [4.78, 5) is 11.5. The Hall–Kier alpha value is -3.54. The first-order chi connectivity index (χ1) is 13.4. The van der Waals surface area contributed by atoms with Gasteiger partial charge in [0.2, 0.25) is 0 Å². The van der Waals surface area contributed by atoms with E-state index < -0.39 is 5.97 Å². The van der Waals surface area contributed by atoms with E-state index in [9.17, 15) is 15.0 Å². The third kappa shape index (κ3) is 3.91. The molecule has 2 N–H and O–H groups in total. The van der Waals surface area contributed by atoms with Crippen LogP contribution in [0.2, 0.25) is 0 Å². The first-order valence-corrected chi connectivity index (χ1v) is 8.91. The molecule has 0 radical (unpaired) electrons. The molecule has 0 saturated heterocycles. The number of aliphatic hydroxyl groups is 1. The van der Waals surface area contributed by atoms with Crippen molar-refractivity contribution in [2.45, 2.75) is 13.8 Å². The minimum Gasteiger partial charge on any atom is -0.506 e. The highest BCUT2D eigenvalue weighted by Crippen LogP contribution is 2.38. The zero-order chi connectivity index (χ0) is 20.3. The van der Waals surface area contributed by atoms with Crippen LogP contribution in [0.1, 0.15) is 13.8 Å². The Labute approximate surface area is 163 Å². The van der Waals surface area contributed by atoms with E-state index in [1.54, 1.807) is 6.07 Å². The van der Waals surface area contributed by atoms with E-state index in [1.807, 2.05) is 42.5 Å². The van der Waals surface area contributed by atoms with Crippen LogP contribution < -0.4 is 9.75 Å². The quantitative estimate of drug-likeness (QED) is 0.767. The summed E-state index contributed by atoms with van der Waals surface area (Å²) in [5, 5.41) is 25.0. The smallest absolute Gasteiger partial charge is 0.357 e. The highest BCUT2D eigenvalue weighted by atomic mass is 16.5. The molecule has 0 saturated carbocycles. The number of hydrazone groups is 1. The Morgan fingerprint density at radius 3 is 2.46 bits per heavy atom. The Bertz CT molecular complexity index is 976. The molecule has 0 fully saturated rings. The largest absolute Gasteiger partial charge is 0.506 e. The van der Waals surface area contributed by atoms with Crippen LogP contribution in [0, 0.1) is 5.92 Å². The molecule has 144 valence electrons. The van der Waals surface area contributed by atoms with Crippen LogP contribution >= 0.6 is 0 Å². The summed E-state index contributed by atoms with van der Waals surface area (Å²) in [6.45, 7) is 8.31.